The smallest absolute Gasteiger partial charge is 0.291 e. The number of carbonyl (C=O) groups excluding carboxylic acids is 2. The average molecular weight is 536 g/mol. The Bertz CT molecular complexity index is 1850. The fourth-order valence-corrected chi connectivity index (χ4v) is 5.65. The first-order valence-corrected chi connectivity index (χ1v) is 13.3. The molecule has 0 saturated heterocycles. The molecule has 0 spiro atoms. The van der Waals surface area contributed by atoms with Crippen LogP contribution in [0.25, 0.3) is 21.9 Å². The maximum Gasteiger partial charge on any atom is 0.291 e. The first-order chi connectivity index (χ1) is 18.7. The molecular formula is C30H25N5O3S. The number of carbonyl (C=O) groups is 2. The van der Waals surface area contributed by atoms with E-state index in [2.05, 4.69) is 36.2 Å². The summed E-state index contributed by atoms with van der Waals surface area (Å²) in [5.41, 5.74) is 3.71. The van der Waals surface area contributed by atoms with Crippen molar-refractivity contribution in [3.05, 3.63) is 105 Å². The molecule has 0 saturated carbocycles. The highest BCUT2D eigenvalue weighted by atomic mass is 32.1. The number of benzene rings is 3. The van der Waals surface area contributed by atoms with E-state index in [9.17, 15) is 14.4 Å². The summed E-state index contributed by atoms with van der Waals surface area (Å²) in [4.78, 5) is 46.3. The van der Waals surface area contributed by atoms with Crippen LogP contribution in [-0.4, -0.2) is 33.0 Å². The zero-order chi connectivity index (χ0) is 27.3. The Morgan fingerprint density at radius 1 is 0.923 bits per heavy atom. The quantitative estimate of drug-likeness (QED) is 0.375. The van der Waals surface area contributed by atoms with Crippen molar-refractivity contribution in [1.82, 2.24) is 14.6 Å². The molecule has 39 heavy (non-hydrogen) atoms. The van der Waals surface area contributed by atoms with Crippen LogP contribution in [0.3, 0.4) is 0 Å². The van der Waals surface area contributed by atoms with Gasteiger partial charge in [-0.05, 0) is 29.2 Å². The molecule has 0 atom stereocenters. The second kappa shape index (κ2) is 9.28. The summed E-state index contributed by atoms with van der Waals surface area (Å²) in [6.45, 7) is 6.26. The molecule has 1 N–H and O–H groups in total. The summed E-state index contributed by atoms with van der Waals surface area (Å²) in [6.07, 6.45) is 0. The Balaban J connectivity index is 1.37. The van der Waals surface area contributed by atoms with E-state index < -0.39 is 11.5 Å². The van der Waals surface area contributed by atoms with Gasteiger partial charge in [-0.25, -0.2) is 0 Å². The molecule has 0 radical (unpaired) electrons. The Labute approximate surface area is 228 Å². The Morgan fingerprint density at radius 2 is 1.62 bits per heavy atom. The fraction of sp³-hybridized carbons (Fsp3) is 0.167. The van der Waals surface area contributed by atoms with Crippen LogP contribution < -0.4 is 20.3 Å². The van der Waals surface area contributed by atoms with E-state index in [0.29, 0.717) is 27.7 Å². The zero-order valence-corrected chi connectivity index (χ0v) is 22.5. The van der Waals surface area contributed by atoms with E-state index in [0.717, 1.165) is 16.9 Å². The molecule has 1 aliphatic rings. The first kappa shape index (κ1) is 24.7. The van der Waals surface area contributed by atoms with Gasteiger partial charge < -0.3 is 5.32 Å². The lowest BCUT2D eigenvalue weighted by Gasteiger charge is -2.18. The molecule has 6 rings (SSSR count). The minimum Gasteiger partial charge on any atom is -0.325 e. The number of amides is 2. The van der Waals surface area contributed by atoms with E-state index >= 15 is 0 Å². The number of para-hydroxylation sites is 2. The normalized spacial score (nSPS) is 14.6. The molecule has 0 aliphatic carbocycles. The van der Waals surface area contributed by atoms with Crippen molar-refractivity contribution in [2.75, 3.05) is 16.8 Å². The maximum absolute atomic E-state index is 13.6. The molecule has 1 aliphatic heterocycles. The Morgan fingerprint density at radius 3 is 2.31 bits per heavy atom. The molecule has 3 heterocycles. The van der Waals surface area contributed by atoms with E-state index in [-0.39, 0.29) is 28.0 Å². The molecule has 5 aromatic rings. The van der Waals surface area contributed by atoms with Gasteiger partial charge in [-0.1, -0.05) is 92.8 Å². The molecule has 0 fully saturated rings. The number of nitrogens with one attached hydrogen (secondary N) is 1. The Kier molecular flexibility index (Phi) is 5.88. The van der Waals surface area contributed by atoms with Crippen LogP contribution in [0.5, 0.6) is 0 Å². The number of aromatic nitrogens is 3. The molecule has 0 bridgehead atoms. The van der Waals surface area contributed by atoms with Gasteiger partial charge >= 0.3 is 0 Å². The highest BCUT2D eigenvalue weighted by Gasteiger charge is 2.35. The standard InChI is InChI=1S/C30H25N5O3S/c1-30(2,3)19-15-13-18(14-16-19)26-32-29-35(33-26)28(38)25(39-29)24-21-11-7-8-12-22(21)34(27(24)37)17-23(36)31-20-9-5-4-6-10-20/h4-16H,17H2,1-3H3,(H,31,36). The molecule has 194 valence electrons. The number of thiazole rings is 1. The Hall–Kier alpha value is -4.63. The van der Waals surface area contributed by atoms with Crippen LogP contribution in [0.1, 0.15) is 31.9 Å². The predicted octanol–water partition coefficient (Wildman–Crippen LogP) is 4.02. The van der Waals surface area contributed by atoms with Gasteiger partial charge in [-0.3, -0.25) is 19.3 Å². The largest absolute Gasteiger partial charge is 0.325 e. The van der Waals surface area contributed by atoms with Gasteiger partial charge in [0.1, 0.15) is 11.1 Å². The van der Waals surface area contributed by atoms with Crippen molar-refractivity contribution in [3.63, 3.8) is 0 Å². The molecule has 3 aromatic carbocycles. The van der Waals surface area contributed by atoms with Crippen molar-refractivity contribution in [2.24, 2.45) is 0 Å². The minimum absolute atomic E-state index is 0.0229. The average Bonchev–Trinajstić information content (AvgIpc) is 3.55. The second-order valence-corrected chi connectivity index (χ2v) is 11.4. The zero-order valence-electron chi connectivity index (χ0n) is 21.6. The monoisotopic (exact) mass is 535 g/mol. The highest BCUT2D eigenvalue weighted by Crippen LogP contribution is 2.35. The van der Waals surface area contributed by atoms with Crippen LogP contribution in [0.15, 0.2) is 83.7 Å². The lowest BCUT2D eigenvalue weighted by molar-refractivity contribution is -0.118. The van der Waals surface area contributed by atoms with Crippen LogP contribution in [0.2, 0.25) is 0 Å². The third kappa shape index (κ3) is 4.40. The van der Waals surface area contributed by atoms with Crippen molar-refractivity contribution in [1.29, 1.82) is 0 Å². The van der Waals surface area contributed by atoms with Gasteiger partial charge in [0.15, 0.2) is 5.82 Å². The van der Waals surface area contributed by atoms with Crippen molar-refractivity contribution >= 4 is 45.1 Å². The number of nitrogens with zero attached hydrogens (tertiary/aromatic N) is 4. The summed E-state index contributed by atoms with van der Waals surface area (Å²) in [6, 6.07) is 24.2. The molecule has 0 unspecified atom stereocenters. The SMILES string of the molecule is CC(C)(C)c1ccc(-c2nc3sc(=C4C(=O)N(CC(=O)Nc5ccccc5)c5ccccc54)c(=O)n3n2)cc1. The number of anilines is 2. The van der Waals surface area contributed by atoms with Crippen LogP contribution >= 0.6 is 11.3 Å². The highest BCUT2D eigenvalue weighted by molar-refractivity contribution is 7.15. The molecular weight excluding hydrogens is 510 g/mol. The molecule has 8 nitrogen and oxygen atoms in total. The number of fused-ring (bicyclic) bond motifs is 2. The maximum atomic E-state index is 13.6. The summed E-state index contributed by atoms with van der Waals surface area (Å²) in [5, 5.41) is 7.27. The predicted molar refractivity (Wildman–Crippen MR) is 153 cm³/mol. The van der Waals surface area contributed by atoms with E-state index in [4.69, 9.17) is 0 Å². The summed E-state index contributed by atoms with van der Waals surface area (Å²) < 4.78 is 1.50. The molecule has 2 aromatic heterocycles. The van der Waals surface area contributed by atoms with Crippen molar-refractivity contribution < 1.29 is 9.59 Å². The van der Waals surface area contributed by atoms with Gasteiger partial charge in [0, 0.05) is 16.8 Å². The van der Waals surface area contributed by atoms with E-state index in [1.165, 1.54) is 15.0 Å². The summed E-state index contributed by atoms with van der Waals surface area (Å²) >= 11 is 1.13. The third-order valence-corrected chi connectivity index (χ3v) is 7.71. The van der Waals surface area contributed by atoms with Crippen molar-refractivity contribution in [2.45, 2.75) is 26.2 Å². The van der Waals surface area contributed by atoms with Gasteiger partial charge in [0.05, 0.1) is 11.3 Å². The lowest BCUT2D eigenvalue weighted by atomic mass is 9.87. The fourth-order valence-electron chi connectivity index (χ4n) is 4.65. The molecule has 9 heteroatoms. The topological polar surface area (TPSA) is 96.7 Å². The summed E-state index contributed by atoms with van der Waals surface area (Å²) in [5.74, 6) is -0.288. The van der Waals surface area contributed by atoms with Gasteiger partial charge in [0.25, 0.3) is 11.5 Å². The molecule has 2 amide bonds. The minimum atomic E-state index is -0.409. The first-order valence-electron chi connectivity index (χ1n) is 12.5. The van der Waals surface area contributed by atoms with E-state index in [1.807, 2.05) is 42.5 Å². The van der Waals surface area contributed by atoms with Crippen molar-refractivity contribution in [3.8, 4) is 11.4 Å². The lowest BCUT2D eigenvalue weighted by Crippen LogP contribution is -2.37. The van der Waals surface area contributed by atoms with Gasteiger partial charge in [0.2, 0.25) is 10.9 Å². The van der Waals surface area contributed by atoms with Crippen LogP contribution in [-0.2, 0) is 15.0 Å². The number of hydrogen-bond acceptors (Lipinski definition) is 6. The number of hydrogen-bond donors (Lipinski definition) is 1. The van der Waals surface area contributed by atoms with Gasteiger partial charge in [-0.15, -0.1) is 5.10 Å². The number of rotatable bonds is 4. The third-order valence-electron chi connectivity index (χ3n) is 6.68. The van der Waals surface area contributed by atoms with Gasteiger partial charge in [-0.2, -0.15) is 9.50 Å². The second-order valence-electron chi connectivity index (χ2n) is 10.4. The van der Waals surface area contributed by atoms with Crippen LogP contribution in [0.4, 0.5) is 11.4 Å². The van der Waals surface area contributed by atoms with E-state index in [1.54, 1.807) is 36.4 Å². The summed E-state index contributed by atoms with van der Waals surface area (Å²) in [7, 11) is 0. The van der Waals surface area contributed by atoms with Crippen LogP contribution in [0, 0.1) is 0 Å².